The van der Waals surface area contributed by atoms with E-state index in [9.17, 15) is 43.2 Å². The van der Waals surface area contributed by atoms with Crippen LogP contribution in [0.15, 0.2) is 0 Å². The maximum atomic E-state index is 13.1. The molecule has 0 aliphatic rings. The van der Waals surface area contributed by atoms with Gasteiger partial charge >= 0.3 is 39.5 Å². The van der Waals surface area contributed by atoms with Crippen molar-refractivity contribution in [1.82, 2.24) is 0 Å². The smallest absolute Gasteiger partial charge is 0.462 e. The average Bonchev–Trinajstić information content (AvgIpc) is 2.09. The maximum Gasteiger partial charge on any atom is 0.472 e. The Morgan fingerprint density at radius 3 is 0.739 bits per heavy atom. The van der Waals surface area contributed by atoms with Gasteiger partial charge in [-0.3, -0.25) is 37.3 Å². The Kier molecular flexibility index (Phi) is 64.9. The van der Waals surface area contributed by atoms with Gasteiger partial charge in [-0.2, -0.15) is 0 Å². The second-order valence-corrected chi connectivity index (χ2v) is 29.7. The van der Waals surface area contributed by atoms with Gasteiger partial charge in [-0.1, -0.05) is 330 Å². The quantitative estimate of drug-likeness (QED) is 0.0222. The SMILES string of the molecule is CCCCCCCCCCCCCCCCCCCC(=O)OC[C@H](COP(=O)(O)OC[C@@H](O)COP(=O)(O)OC[C@@H](COC(=O)CCCCCCCCCC)OC(=O)CCCCCCCCCCCC)OC(=O)CCCCCCCCCCCCCCCCC(C)C. The van der Waals surface area contributed by atoms with Crippen molar-refractivity contribution >= 4 is 39.5 Å². The van der Waals surface area contributed by atoms with Crippen LogP contribution in [0, 0.1) is 5.92 Å². The number of ether oxygens (including phenoxy) is 4. The Bertz CT molecular complexity index is 1770. The van der Waals surface area contributed by atoms with Crippen LogP contribution in [0.3, 0.4) is 0 Å². The van der Waals surface area contributed by atoms with Crippen LogP contribution in [0.2, 0.25) is 0 Å². The minimum atomic E-state index is -4.95. The first kappa shape index (κ1) is 90.1. The molecular weight excluding hydrogens is 1210 g/mol. The van der Waals surface area contributed by atoms with Gasteiger partial charge in [0.2, 0.25) is 0 Å². The molecule has 0 heterocycles. The van der Waals surface area contributed by atoms with E-state index in [1.165, 1.54) is 199 Å². The molecule has 92 heavy (non-hydrogen) atoms. The molecular formula is C73H142O17P2. The second kappa shape index (κ2) is 66.3. The highest BCUT2D eigenvalue weighted by molar-refractivity contribution is 7.47. The van der Waals surface area contributed by atoms with Crippen molar-refractivity contribution < 1.29 is 80.2 Å². The summed E-state index contributed by atoms with van der Waals surface area (Å²) in [7, 11) is -9.90. The van der Waals surface area contributed by atoms with Crippen molar-refractivity contribution in [2.45, 2.75) is 400 Å². The van der Waals surface area contributed by atoms with E-state index >= 15 is 0 Å². The lowest BCUT2D eigenvalue weighted by Crippen LogP contribution is -2.30. The fourth-order valence-corrected chi connectivity index (χ4v) is 12.8. The number of carbonyl (C=O) groups excluding carboxylic acids is 4. The second-order valence-electron chi connectivity index (χ2n) is 26.8. The van der Waals surface area contributed by atoms with Crippen molar-refractivity contribution in [3.8, 4) is 0 Å². The maximum absolute atomic E-state index is 13.1. The highest BCUT2D eigenvalue weighted by atomic mass is 31.2. The number of rotatable bonds is 73. The summed E-state index contributed by atoms with van der Waals surface area (Å²) in [4.78, 5) is 72.5. The Morgan fingerprint density at radius 2 is 0.500 bits per heavy atom. The number of aliphatic hydroxyl groups is 1. The highest BCUT2D eigenvalue weighted by Crippen LogP contribution is 2.45. The largest absolute Gasteiger partial charge is 0.472 e. The van der Waals surface area contributed by atoms with Gasteiger partial charge in [0.25, 0.3) is 0 Å². The van der Waals surface area contributed by atoms with Crippen LogP contribution in [0.5, 0.6) is 0 Å². The topological polar surface area (TPSA) is 237 Å². The summed E-state index contributed by atoms with van der Waals surface area (Å²) in [6.45, 7) is 7.26. The van der Waals surface area contributed by atoms with E-state index in [1.807, 2.05) is 0 Å². The number of aliphatic hydroxyl groups excluding tert-OH is 1. The Balaban J connectivity index is 5.19. The third kappa shape index (κ3) is 66.7. The van der Waals surface area contributed by atoms with Gasteiger partial charge in [0, 0.05) is 25.7 Å². The van der Waals surface area contributed by atoms with Crippen LogP contribution in [0.25, 0.3) is 0 Å². The summed E-state index contributed by atoms with van der Waals surface area (Å²) in [6, 6.07) is 0. The van der Waals surface area contributed by atoms with Crippen molar-refractivity contribution in [3.63, 3.8) is 0 Å². The van der Waals surface area contributed by atoms with E-state index in [0.29, 0.717) is 25.7 Å². The summed E-state index contributed by atoms with van der Waals surface area (Å²) in [5, 5.41) is 10.6. The lowest BCUT2D eigenvalue weighted by Gasteiger charge is -2.21. The fourth-order valence-electron chi connectivity index (χ4n) is 11.2. The first-order valence-corrected chi connectivity index (χ1v) is 41.1. The molecule has 19 heteroatoms. The van der Waals surface area contributed by atoms with E-state index in [1.54, 1.807) is 0 Å². The van der Waals surface area contributed by atoms with Gasteiger partial charge in [-0.15, -0.1) is 0 Å². The normalized spacial score (nSPS) is 14.0. The molecule has 5 atom stereocenters. The number of unbranched alkanes of at least 4 members (excludes halogenated alkanes) is 45. The molecule has 0 aliphatic heterocycles. The number of esters is 4. The minimum Gasteiger partial charge on any atom is -0.462 e. The summed E-state index contributed by atoms with van der Waals surface area (Å²) < 4.78 is 68.3. The molecule has 0 aromatic heterocycles. The fraction of sp³-hybridized carbons (Fsp3) is 0.945. The molecule has 0 aromatic rings. The van der Waals surface area contributed by atoms with Gasteiger partial charge in [0.05, 0.1) is 26.4 Å². The zero-order valence-electron chi connectivity index (χ0n) is 59.7. The zero-order chi connectivity index (χ0) is 67.7. The lowest BCUT2D eigenvalue weighted by molar-refractivity contribution is -0.161. The van der Waals surface area contributed by atoms with Gasteiger partial charge in [-0.25, -0.2) is 9.13 Å². The van der Waals surface area contributed by atoms with Gasteiger partial charge in [-0.05, 0) is 31.6 Å². The monoisotopic (exact) mass is 1350 g/mol. The van der Waals surface area contributed by atoms with Crippen molar-refractivity contribution in [2.24, 2.45) is 5.92 Å². The number of phosphoric ester groups is 2. The highest BCUT2D eigenvalue weighted by Gasteiger charge is 2.30. The van der Waals surface area contributed by atoms with E-state index in [4.69, 9.17) is 37.0 Å². The average molecular weight is 1350 g/mol. The molecule has 0 rings (SSSR count). The molecule has 0 spiro atoms. The molecule has 3 N–H and O–H groups in total. The van der Waals surface area contributed by atoms with E-state index in [0.717, 1.165) is 102 Å². The van der Waals surface area contributed by atoms with Gasteiger partial charge in [0.15, 0.2) is 12.2 Å². The van der Waals surface area contributed by atoms with E-state index in [-0.39, 0.29) is 25.7 Å². The van der Waals surface area contributed by atoms with E-state index in [2.05, 4.69) is 34.6 Å². The summed E-state index contributed by atoms with van der Waals surface area (Å²) in [6.07, 6.45) is 54.1. The number of phosphoric acid groups is 2. The third-order valence-corrected chi connectivity index (χ3v) is 18.9. The van der Waals surface area contributed by atoms with Crippen LogP contribution < -0.4 is 0 Å². The lowest BCUT2D eigenvalue weighted by atomic mass is 10.0. The van der Waals surface area contributed by atoms with Crippen LogP contribution in [0.4, 0.5) is 0 Å². The summed E-state index contributed by atoms with van der Waals surface area (Å²) in [5.74, 6) is -1.33. The van der Waals surface area contributed by atoms with Crippen LogP contribution in [0.1, 0.15) is 381 Å². The third-order valence-electron chi connectivity index (χ3n) is 17.0. The molecule has 0 amide bonds. The number of hydrogen-bond donors (Lipinski definition) is 3. The van der Waals surface area contributed by atoms with Crippen molar-refractivity contribution in [2.75, 3.05) is 39.6 Å². The molecule has 0 fully saturated rings. The molecule has 0 bridgehead atoms. The molecule has 2 unspecified atom stereocenters. The molecule has 0 aromatic carbocycles. The molecule has 17 nitrogen and oxygen atoms in total. The Hall–Kier alpha value is -1.94. The molecule has 0 radical (unpaired) electrons. The molecule has 546 valence electrons. The Morgan fingerprint density at radius 1 is 0.293 bits per heavy atom. The standard InChI is InChI=1S/C73H142O17P2/c1-6-9-12-15-18-21-23-24-25-26-27-31-34-38-42-47-52-57-71(76)84-63-69(90-73(78)59-54-49-44-39-35-32-29-28-30-33-36-40-45-50-55-66(4)5)65-88-92(81,82)86-61-67(74)60-85-91(79,80)87-64-68(62-83-70(75)56-51-46-41-20-17-14-11-8-3)89-72(77)58-53-48-43-37-22-19-16-13-10-7-2/h66-69,74H,6-65H2,1-5H3,(H,79,80)(H,81,82)/t67-,68+,69+/m0/s1. The van der Waals surface area contributed by atoms with Crippen molar-refractivity contribution in [1.29, 1.82) is 0 Å². The van der Waals surface area contributed by atoms with Gasteiger partial charge < -0.3 is 33.8 Å². The minimum absolute atomic E-state index is 0.107. The van der Waals surface area contributed by atoms with Gasteiger partial charge in [0.1, 0.15) is 19.3 Å². The molecule has 0 saturated heterocycles. The van der Waals surface area contributed by atoms with Crippen LogP contribution in [-0.2, 0) is 65.4 Å². The number of hydrogen-bond acceptors (Lipinski definition) is 15. The predicted molar refractivity (Wildman–Crippen MR) is 372 cm³/mol. The first-order valence-electron chi connectivity index (χ1n) is 38.1. The predicted octanol–water partition coefficient (Wildman–Crippen LogP) is 21.3. The summed E-state index contributed by atoms with van der Waals surface area (Å²) in [5.41, 5.74) is 0. The Labute approximate surface area is 562 Å². The van der Waals surface area contributed by atoms with E-state index < -0.39 is 97.5 Å². The first-order chi connectivity index (χ1) is 44.5. The summed E-state index contributed by atoms with van der Waals surface area (Å²) >= 11 is 0. The zero-order valence-corrected chi connectivity index (χ0v) is 61.5. The number of carbonyl (C=O) groups is 4. The van der Waals surface area contributed by atoms with Crippen molar-refractivity contribution in [3.05, 3.63) is 0 Å². The van der Waals surface area contributed by atoms with Crippen LogP contribution >= 0.6 is 15.6 Å². The molecule has 0 saturated carbocycles. The van der Waals surface area contributed by atoms with Crippen LogP contribution in [-0.4, -0.2) is 96.7 Å². The molecule has 0 aliphatic carbocycles.